The highest BCUT2D eigenvalue weighted by molar-refractivity contribution is 9.11. The summed E-state index contributed by atoms with van der Waals surface area (Å²) in [7, 11) is 0. The minimum atomic E-state index is 0.137. The summed E-state index contributed by atoms with van der Waals surface area (Å²) in [4.78, 5) is 6.82. The van der Waals surface area contributed by atoms with E-state index in [4.69, 9.17) is 5.73 Å². The summed E-state index contributed by atoms with van der Waals surface area (Å²) in [5, 5.41) is 0. The summed E-state index contributed by atoms with van der Waals surface area (Å²) in [5.41, 5.74) is 6.99. The SMILES string of the molecule is CCN(Cc1ncc(Br)cc1Br)CC(C)(C)CN. The molecule has 1 rings (SSSR count). The molecule has 1 heterocycles. The van der Waals surface area contributed by atoms with Crippen LogP contribution in [0.1, 0.15) is 26.5 Å². The van der Waals surface area contributed by atoms with Gasteiger partial charge in [-0.2, -0.15) is 0 Å². The van der Waals surface area contributed by atoms with Crippen molar-refractivity contribution in [3.8, 4) is 0 Å². The average Bonchev–Trinajstić information content (AvgIpc) is 2.31. The highest BCUT2D eigenvalue weighted by atomic mass is 79.9. The number of halogens is 2. The fourth-order valence-electron chi connectivity index (χ4n) is 1.72. The molecule has 3 nitrogen and oxygen atoms in total. The lowest BCUT2D eigenvalue weighted by atomic mass is 9.93. The molecular formula is C13H21Br2N3. The second kappa shape index (κ2) is 6.98. The Kier molecular flexibility index (Phi) is 6.24. The standard InChI is InChI=1S/C13H21Br2N3/c1-4-18(9-13(2,3)8-16)7-12-11(15)5-10(14)6-17-12/h5-6H,4,7-9,16H2,1-3H3. The van der Waals surface area contributed by atoms with Crippen molar-refractivity contribution in [2.24, 2.45) is 11.1 Å². The number of aromatic nitrogens is 1. The van der Waals surface area contributed by atoms with Crippen molar-refractivity contribution in [1.29, 1.82) is 0 Å². The van der Waals surface area contributed by atoms with Gasteiger partial charge in [-0.25, -0.2) is 0 Å². The van der Waals surface area contributed by atoms with Crippen LogP contribution >= 0.6 is 31.9 Å². The quantitative estimate of drug-likeness (QED) is 0.824. The first-order valence-corrected chi connectivity index (χ1v) is 7.69. The second-order valence-corrected chi connectivity index (χ2v) is 7.02. The zero-order chi connectivity index (χ0) is 13.8. The average molecular weight is 379 g/mol. The van der Waals surface area contributed by atoms with Crippen LogP contribution in [-0.4, -0.2) is 29.5 Å². The third-order valence-electron chi connectivity index (χ3n) is 2.91. The molecule has 102 valence electrons. The summed E-state index contributed by atoms with van der Waals surface area (Å²) in [6, 6.07) is 2.03. The van der Waals surface area contributed by atoms with E-state index in [0.29, 0.717) is 6.54 Å². The summed E-state index contributed by atoms with van der Waals surface area (Å²) >= 11 is 6.97. The van der Waals surface area contributed by atoms with Crippen LogP contribution in [0.25, 0.3) is 0 Å². The van der Waals surface area contributed by atoms with E-state index in [9.17, 15) is 0 Å². The maximum Gasteiger partial charge on any atom is 0.0686 e. The maximum absolute atomic E-state index is 5.79. The lowest BCUT2D eigenvalue weighted by Crippen LogP contribution is -2.38. The van der Waals surface area contributed by atoms with Crippen molar-refractivity contribution >= 4 is 31.9 Å². The van der Waals surface area contributed by atoms with Gasteiger partial charge in [-0.1, -0.05) is 20.8 Å². The van der Waals surface area contributed by atoms with Gasteiger partial charge in [0.05, 0.1) is 5.69 Å². The minimum absolute atomic E-state index is 0.137. The molecule has 2 N–H and O–H groups in total. The highest BCUT2D eigenvalue weighted by Gasteiger charge is 2.20. The summed E-state index contributed by atoms with van der Waals surface area (Å²) in [6.45, 7) is 10.1. The van der Waals surface area contributed by atoms with Crippen LogP contribution in [-0.2, 0) is 6.54 Å². The molecule has 0 spiro atoms. The molecule has 0 saturated heterocycles. The van der Waals surface area contributed by atoms with Gasteiger partial charge in [-0.05, 0) is 56.4 Å². The molecule has 0 aliphatic carbocycles. The molecule has 0 atom stereocenters. The van der Waals surface area contributed by atoms with Crippen LogP contribution in [0.15, 0.2) is 21.2 Å². The topological polar surface area (TPSA) is 42.2 Å². The van der Waals surface area contributed by atoms with Crippen molar-refractivity contribution in [1.82, 2.24) is 9.88 Å². The van der Waals surface area contributed by atoms with E-state index < -0.39 is 0 Å². The van der Waals surface area contributed by atoms with Gasteiger partial charge in [-0.3, -0.25) is 9.88 Å². The molecule has 0 radical (unpaired) electrons. The number of rotatable bonds is 6. The normalized spacial score (nSPS) is 12.2. The third-order valence-corrected chi connectivity index (χ3v) is 4.03. The Bertz CT molecular complexity index is 394. The molecule has 0 amide bonds. The predicted octanol–water partition coefficient (Wildman–Crippen LogP) is 3.41. The van der Waals surface area contributed by atoms with Gasteiger partial charge in [0, 0.05) is 28.2 Å². The molecule has 0 bridgehead atoms. The Morgan fingerprint density at radius 3 is 2.56 bits per heavy atom. The molecule has 18 heavy (non-hydrogen) atoms. The first-order chi connectivity index (χ1) is 8.38. The maximum atomic E-state index is 5.79. The predicted molar refractivity (Wildman–Crippen MR) is 83.4 cm³/mol. The van der Waals surface area contributed by atoms with E-state index >= 15 is 0 Å². The van der Waals surface area contributed by atoms with Gasteiger partial charge in [-0.15, -0.1) is 0 Å². The molecule has 5 heteroatoms. The van der Waals surface area contributed by atoms with Crippen LogP contribution in [0.4, 0.5) is 0 Å². The third kappa shape index (κ3) is 4.96. The van der Waals surface area contributed by atoms with Crippen molar-refractivity contribution < 1.29 is 0 Å². The van der Waals surface area contributed by atoms with Crippen LogP contribution in [0.5, 0.6) is 0 Å². The van der Waals surface area contributed by atoms with Crippen LogP contribution in [0, 0.1) is 5.41 Å². The van der Waals surface area contributed by atoms with Gasteiger partial charge >= 0.3 is 0 Å². The fourth-order valence-corrected chi connectivity index (χ4v) is 2.83. The highest BCUT2D eigenvalue weighted by Crippen LogP contribution is 2.22. The van der Waals surface area contributed by atoms with Crippen LogP contribution in [0.2, 0.25) is 0 Å². The number of nitrogens with zero attached hydrogens (tertiary/aromatic N) is 2. The Labute approximate surface area is 126 Å². The number of pyridine rings is 1. The zero-order valence-corrected chi connectivity index (χ0v) is 14.4. The molecule has 1 aromatic rings. The second-order valence-electron chi connectivity index (χ2n) is 5.25. The smallest absolute Gasteiger partial charge is 0.0686 e. The number of nitrogens with two attached hydrogens (primary N) is 1. The van der Waals surface area contributed by atoms with Gasteiger partial charge in [0.15, 0.2) is 0 Å². The van der Waals surface area contributed by atoms with Crippen LogP contribution in [0.3, 0.4) is 0 Å². The molecule has 0 unspecified atom stereocenters. The molecule has 0 saturated carbocycles. The first-order valence-electron chi connectivity index (χ1n) is 6.10. The lowest BCUT2D eigenvalue weighted by molar-refractivity contribution is 0.181. The minimum Gasteiger partial charge on any atom is -0.330 e. The van der Waals surface area contributed by atoms with Gasteiger partial charge in [0.2, 0.25) is 0 Å². The zero-order valence-electron chi connectivity index (χ0n) is 11.2. The van der Waals surface area contributed by atoms with Gasteiger partial charge in [0.25, 0.3) is 0 Å². The van der Waals surface area contributed by atoms with Crippen molar-refractivity contribution in [2.75, 3.05) is 19.6 Å². The van der Waals surface area contributed by atoms with E-state index in [1.165, 1.54) is 0 Å². The molecule has 1 aromatic heterocycles. The first kappa shape index (κ1) is 16.1. The van der Waals surface area contributed by atoms with Crippen molar-refractivity contribution in [3.05, 3.63) is 26.9 Å². The summed E-state index contributed by atoms with van der Waals surface area (Å²) in [6.07, 6.45) is 1.84. The Balaban J connectivity index is 2.74. The summed E-state index contributed by atoms with van der Waals surface area (Å²) < 4.78 is 2.03. The molecule has 0 aliphatic heterocycles. The number of hydrogen-bond acceptors (Lipinski definition) is 3. The summed E-state index contributed by atoms with van der Waals surface area (Å²) in [5.74, 6) is 0. The van der Waals surface area contributed by atoms with E-state index in [-0.39, 0.29) is 5.41 Å². The van der Waals surface area contributed by atoms with Gasteiger partial charge < -0.3 is 5.73 Å². The van der Waals surface area contributed by atoms with E-state index in [1.807, 2.05) is 12.3 Å². The van der Waals surface area contributed by atoms with Crippen LogP contribution < -0.4 is 5.73 Å². The Morgan fingerprint density at radius 1 is 1.39 bits per heavy atom. The molecule has 0 aromatic carbocycles. The van der Waals surface area contributed by atoms with Crippen molar-refractivity contribution in [3.63, 3.8) is 0 Å². The molecule has 0 fully saturated rings. The van der Waals surface area contributed by atoms with E-state index in [1.54, 1.807) is 0 Å². The Morgan fingerprint density at radius 2 is 2.06 bits per heavy atom. The Hall–Kier alpha value is 0.0300. The monoisotopic (exact) mass is 377 g/mol. The lowest BCUT2D eigenvalue weighted by Gasteiger charge is -2.31. The molecular weight excluding hydrogens is 358 g/mol. The largest absolute Gasteiger partial charge is 0.330 e. The van der Waals surface area contributed by atoms with Gasteiger partial charge in [0.1, 0.15) is 0 Å². The van der Waals surface area contributed by atoms with Crippen molar-refractivity contribution in [2.45, 2.75) is 27.3 Å². The van der Waals surface area contributed by atoms with E-state index in [2.05, 4.69) is 62.5 Å². The molecule has 0 aliphatic rings. The fraction of sp³-hybridized carbons (Fsp3) is 0.615. The van der Waals surface area contributed by atoms with E-state index in [0.717, 1.165) is 34.3 Å². The number of hydrogen-bond donors (Lipinski definition) is 1.